The van der Waals surface area contributed by atoms with Crippen molar-refractivity contribution < 1.29 is 27.8 Å². The molecule has 2 aromatic rings. The van der Waals surface area contributed by atoms with Crippen LogP contribution in [0, 0.1) is 11.8 Å². The van der Waals surface area contributed by atoms with E-state index in [4.69, 9.17) is 4.74 Å². The smallest absolute Gasteiger partial charge is 0.407 e. The fourth-order valence-electron chi connectivity index (χ4n) is 5.84. The lowest BCUT2D eigenvalue weighted by Gasteiger charge is -2.49. The number of β-amino-alcohol motifs (C(OH)–C–C–N with tert-alkyl or cyclic N) is 1. The lowest BCUT2D eigenvalue weighted by atomic mass is 9.70. The highest BCUT2D eigenvalue weighted by Crippen LogP contribution is 2.45. The number of carbonyl (C=O) groups excluding carboxylic acids is 1. The molecule has 0 radical (unpaired) electrons. The SMILES string of the molecule is O=C(N[C@@H](Cc1ccccc1)[C@H](O)CN1CC[C@H]2CCCC[C@H]2[C@H]1C(F)(F)F)OCc1ccccc1. The van der Waals surface area contributed by atoms with Crippen LogP contribution in [0.1, 0.15) is 43.2 Å². The van der Waals surface area contributed by atoms with Gasteiger partial charge in [-0.3, -0.25) is 4.90 Å². The molecule has 0 aromatic heterocycles. The molecule has 2 N–H and O–H groups in total. The summed E-state index contributed by atoms with van der Waals surface area (Å²) in [5.41, 5.74) is 1.68. The first-order chi connectivity index (χ1) is 17.3. The van der Waals surface area contributed by atoms with Crippen LogP contribution in [-0.4, -0.2) is 53.6 Å². The van der Waals surface area contributed by atoms with Gasteiger partial charge in [0, 0.05) is 6.54 Å². The zero-order valence-corrected chi connectivity index (χ0v) is 20.4. The first-order valence-corrected chi connectivity index (χ1v) is 12.8. The van der Waals surface area contributed by atoms with Crippen molar-refractivity contribution in [3.63, 3.8) is 0 Å². The molecule has 2 aliphatic rings. The van der Waals surface area contributed by atoms with Gasteiger partial charge in [0.05, 0.1) is 12.1 Å². The van der Waals surface area contributed by atoms with Crippen LogP contribution in [0.2, 0.25) is 0 Å². The lowest BCUT2D eigenvalue weighted by molar-refractivity contribution is -0.219. The minimum atomic E-state index is -4.36. The predicted octanol–water partition coefficient (Wildman–Crippen LogP) is 5.33. The molecule has 5 nitrogen and oxygen atoms in total. The third kappa shape index (κ3) is 7.01. The van der Waals surface area contributed by atoms with Crippen molar-refractivity contribution >= 4 is 6.09 Å². The van der Waals surface area contributed by atoms with Gasteiger partial charge in [-0.15, -0.1) is 0 Å². The van der Waals surface area contributed by atoms with Gasteiger partial charge in [-0.1, -0.05) is 79.9 Å². The Labute approximate surface area is 210 Å². The number of nitrogens with one attached hydrogen (secondary N) is 1. The second kappa shape index (κ2) is 12.1. The molecule has 1 heterocycles. The topological polar surface area (TPSA) is 61.8 Å². The molecule has 0 unspecified atom stereocenters. The molecule has 0 bridgehead atoms. The fraction of sp³-hybridized carbons (Fsp3) is 0.536. The number of hydrogen-bond acceptors (Lipinski definition) is 4. The number of likely N-dealkylation sites (tertiary alicyclic amines) is 1. The Hall–Kier alpha value is -2.58. The minimum Gasteiger partial charge on any atom is -0.445 e. The average Bonchev–Trinajstić information content (AvgIpc) is 2.87. The number of piperidine rings is 1. The van der Waals surface area contributed by atoms with E-state index in [9.17, 15) is 23.1 Å². The van der Waals surface area contributed by atoms with Crippen LogP contribution in [0.4, 0.5) is 18.0 Å². The largest absolute Gasteiger partial charge is 0.445 e. The zero-order chi connectivity index (χ0) is 25.5. The van der Waals surface area contributed by atoms with Crippen LogP contribution >= 0.6 is 0 Å². The summed E-state index contributed by atoms with van der Waals surface area (Å²) in [6.45, 7) is 0.189. The summed E-state index contributed by atoms with van der Waals surface area (Å²) in [5.74, 6) is -0.346. The van der Waals surface area contributed by atoms with E-state index in [1.807, 2.05) is 60.7 Å². The number of fused-ring (bicyclic) bond motifs is 1. The van der Waals surface area contributed by atoms with Crippen molar-refractivity contribution in [1.29, 1.82) is 0 Å². The molecular formula is C28H35F3N2O3. The van der Waals surface area contributed by atoms with Gasteiger partial charge in [-0.2, -0.15) is 13.2 Å². The summed E-state index contributed by atoms with van der Waals surface area (Å²) in [6.07, 6.45) is -2.07. The Kier molecular flexibility index (Phi) is 8.90. The molecule has 5 atom stereocenters. The first kappa shape index (κ1) is 26.5. The third-order valence-corrected chi connectivity index (χ3v) is 7.59. The van der Waals surface area contributed by atoms with E-state index in [1.165, 1.54) is 4.90 Å². The summed E-state index contributed by atoms with van der Waals surface area (Å²) in [4.78, 5) is 14.0. The lowest BCUT2D eigenvalue weighted by Crippen LogP contribution is -2.60. The maximum atomic E-state index is 14.2. The summed E-state index contributed by atoms with van der Waals surface area (Å²) >= 11 is 0. The van der Waals surface area contributed by atoms with Crippen molar-refractivity contribution in [2.75, 3.05) is 13.1 Å². The van der Waals surface area contributed by atoms with E-state index < -0.39 is 36.4 Å². The number of nitrogens with zero attached hydrogens (tertiary/aromatic N) is 1. The molecule has 2 fully saturated rings. The molecule has 8 heteroatoms. The quantitative estimate of drug-likeness (QED) is 0.510. The number of alkyl carbamates (subject to hydrolysis) is 1. The highest BCUT2D eigenvalue weighted by atomic mass is 19.4. The molecule has 1 aliphatic carbocycles. The van der Waals surface area contributed by atoms with E-state index >= 15 is 0 Å². The van der Waals surface area contributed by atoms with Crippen LogP contribution in [0.5, 0.6) is 0 Å². The van der Waals surface area contributed by atoms with Gasteiger partial charge in [0.1, 0.15) is 12.6 Å². The van der Waals surface area contributed by atoms with Crippen LogP contribution in [0.3, 0.4) is 0 Å². The van der Waals surface area contributed by atoms with Gasteiger partial charge in [-0.25, -0.2) is 4.79 Å². The molecule has 2 aromatic carbocycles. The van der Waals surface area contributed by atoms with Gasteiger partial charge in [0.2, 0.25) is 0 Å². The molecule has 1 saturated carbocycles. The number of aliphatic hydroxyl groups excluding tert-OH is 1. The number of aliphatic hydroxyl groups is 1. The van der Waals surface area contributed by atoms with Gasteiger partial charge >= 0.3 is 12.3 Å². The van der Waals surface area contributed by atoms with Crippen LogP contribution in [0.25, 0.3) is 0 Å². The highest BCUT2D eigenvalue weighted by molar-refractivity contribution is 5.67. The monoisotopic (exact) mass is 504 g/mol. The molecule has 0 spiro atoms. The second-order valence-corrected chi connectivity index (χ2v) is 10.0. The molecular weight excluding hydrogens is 469 g/mol. The standard InChI is InChI=1S/C28H35F3N2O3/c29-28(30,31)26-23-14-8-7-13-22(23)15-16-33(26)18-25(34)24(17-20-9-3-1-4-10-20)32-27(35)36-19-21-11-5-2-6-12-21/h1-6,9-12,22-26,34H,7-8,13-19H2,(H,32,35)/t22-,23-,24+,25-,26+/m1/s1. The number of amides is 1. The zero-order valence-electron chi connectivity index (χ0n) is 20.4. The van der Waals surface area contributed by atoms with Crippen molar-refractivity contribution in [1.82, 2.24) is 10.2 Å². The predicted molar refractivity (Wildman–Crippen MR) is 131 cm³/mol. The van der Waals surface area contributed by atoms with Gasteiger partial charge in [0.15, 0.2) is 0 Å². The number of ether oxygens (including phenoxy) is 1. The van der Waals surface area contributed by atoms with Gasteiger partial charge in [0.25, 0.3) is 0 Å². The van der Waals surface area contributed by atoms with E-state index in [1.54, 1.807) is 0 Å². The van der Waals surface area contributed by atoms with Gasteiger partial charge in [-0.05, 0) is 48.8 Å². The number of halogens is 3. The van der Waals surface area contributed by atoms with Crippen LogP contribution in [0.15, 0.2) is 60.7 Å². The third-order valence-electron chi connectivity index (χ3n) is 7.59. The Morgan fingerprint density at radius 1 is 1.00 bits per heavy atom. The Morgan fingerprint density at radius 3 is 2.31 bits per heavy atom. The van der Waals surface area contributed by atoms with E-state index in [0.717, 1.165) is 30.4 Å². The second-order valence-electron chi connectivity index (χ2n) is 10.0. The molecule has 196 valence electrons. The number of benzene rings is 2. The highest BCUT2D eigenvalue weighted by Gasteiger charge is 2.53. The minimum absolute atomic E-state index is 0.0617. The number of carbonyl (C=O) groups is 1. The Bertz CT molecular complexity index is 958. The molecule has 1 saturated heterocycles. The summed E-state index contributed by atoms with van der Waals surface area (Å²) in [7, 11) is 0. The van der Waals surface area contributed by atoms with E-state index in [2.05, 4.69) is 5.32 Å². The maximum Gasteiger partial charge on any atom is 0.407 e. The number of rotatable bonds is 8. The van der Waals surface area contributed by atoms with Gasteiger partial charge < -0.3 is 15.2 Å². The van der Waals surface area contributed by atoms with Crippen LogP contribution < -0.4 is 5.32 Å². The molecule has 1 amide bonds. The first-order valence-electron chi connectivity index (χ1n) is 12.8. The number of hydrogen-bond donors (Lipinski definition) is 2. The van der Waals surface area contributed by atoms with E-state index in [0.29, 0.717) is 19.4 Å². The number of alkyl halides is 3. The van der Waals surface area contributed by atoms with Crippen molar-refractivity contribution in [2.24, 2.45) is 11.8 Å². The summed E-state index contributed by atoms with van der Waals surface area (Å²) in [6, 6.07) is 16.1. The Morgan fingerprint density at radius 2 is 1.64 bits per heavy atom. The normalized spacial score (nSPS) is 24.4. The summed E-state index contributed by atoms with van der Waals surface area (Å²) < 4.78 is 48.0. The average molecular weight is 505 g/mol. The van der Waals surface area contributed by atoms with Crippen molar-refractivity contribution in [3.8, 4) is 0 Å². The fourth-order valence-corrected chi connectivity index (χ4v) is 5.84. The summed E-state index contributed by atoms with van der Waals surface area (Å²) in [5, 5.41) is 13.9. The molecule has 4 rings (SSSR count). The van der Waals surface area contributed by atoms with Crippen molar-refractivity contribution in [3.05, 3.63) is 71.8 Å². The molecule has 36 heavy (non-hydrogen) atoms. The molecule has 1 aliphatic heterocycles. The maximum absolute atomic E-state index is 14.2. The van der Waals surface area contributed by atoms with E-state index in [-0.39, 0.29) is 25.5 Å². The van der Waals surface area contributed by atoms with Crippen molar-refractivity contribution in [2.45, 2.75) is 69.5 Å². The Balaban J connectivity index is 1.45. The van der Waals surface area contributed by atoms with Crippen LogP contribution in [-0.2, 0) is 17.8 Å².